The zero-order valence-electron chi connectivity index (χ0n) is 17.5. The summed E-state index contributed by atoms with van der Waals surface area (Å²) >= 11 is 0. The Morgan fingerprint density at radius 1 is 1.28 bits per heavy atom. The summed E-state index contributed by atoms with van der Waals surface area (Å²) in [7, 11) is 1.59. The zero-order chi connectivity index (χ0) is 21.2. The summed E-state index contributed by atoms with van der Waals surface area (Å²) < 4.78 is 5.42. The lowest BCUT2D eigenvalue weighted by Gasteiger charge is -2.32. The van der Waals surface area contributed by atoms with Crippen molar-refractivity contribution in [2.24, 2.45) is 5.92 Å². The molecule has 2 aliphatic rings. The van der Waals surface area contributed by atoms with Gasteiger partial charge in [0.2, 0.25) is 11.9 Å². The number of rotatable bonds is 4. The molecule has 0 aromatic carbocycles. The molecule has 0 aliphatic carbocycles. The highest BCUT2D eigenvalue weighted by Crippen LogP contribution is 2.25. The molecule has 2 aliphatic heterocycles. The van der Waals surface area contributed by atoms with Crippen LogP contribution in [0.5, 0.6) is 0 Å². The normalized spacial score (nSPS) is 19.9. The van der Waals surface area contributed by atoms with Crippen LogP contribution in [0, 0.1) is 5.92 Å². The number of hydrogen-bond acceptors (Lipinski definition) is 7. The van der Waals surface area contributed by atoms with E-state index < -0.39 is 5.60 Å². The number of anilines is 1. The summed E-state index contributed by atoms with van der Waals surface area (Å²) in [6.45, 7) is 7.13. The van der Waals surface area contributed by atoms with Crippen LogP contribution < -0.4 is 4.90 Å². The van der Waals surface area contributed by atoms with Gasteiger partial charge < -0.3 is 14.5 Å². The number of carbonyl (C=O) groups is 3. The fourth-order valence-corrected chi connectivity index (χ4v) is 3.54. The van der Waals surface area contributed by atoms with E-state index in [1.165, 1.54) is 4.90 Å². The van der Waals surface area contributed by atoms with Crippen molar-refractivity contribution in [3.63, 3.8) is 0 Å². The first-order chi connectivity index (χ1) is 13.6. The third-order valence-electron chi connectivity index (χ3n) is 5.05. The Balaban J connectivity index is 1.61. The molecule has 0 bridgehead atoms. The summed E-state index contributed by atoms with van der Waals surface area (Å²) in [5.41, 5.74) is 0.492. The molecule has 2 fully saturated rings. The van der Waals surface area contributed by atoms with Gasteiger partial charge in [0.1, 0.15) is 5.60 Å². The largest absolute Gasteiger partial charge is 0.460 e. The number of esters is 1. The minimum atomic E-state index is -0.458. The maximum absolute atomic E-state index is 12.0. The lowest BCUT2D eigenvalue weighted by Crippen LogP contribution is -2.36. The van der Waals surface area contributed by atoms with E-state index in [0.717, 1.165) is 25.9 Å². The Morgan fingerprint density at radius 3 is 2.55 bits per heavy atom. The fourth-order valence-electron chi connectivity index (χ4n) is 3.54. The molecule has 1 aromatic rings. The number of hydrogen-bond donors (Lipinski definition) is 0. The first-order valence-corrected chi connectivity index (χ1v) is 9.93. The molecular weight excluding hydrogens is 372 g/mol. The van der Waals surface area contributed by atoms with E-state index >= 15 is 0 Å². The van der Waals surface area contributed by atoms with Crippen molar-refractivity contribution in [3.05, 3.63) is 23.7 Å². The van der Waals surface area contributed by atoms with Crippen molar-refractivity contribution < 1.29 is 19.1 Å². The zero-order valence-corrected chi connectivity index (χ0v) is 17.5. The van der Waals surface area contributed by atoms with Crippen LogP contribution in [0.3, 0.4) is 0 Å². The molecule has 156 valence electrons. The molecule has 8 heteroatoms. The Bertz CT molecular complexity index is 835. The molecular formula is C21H28N4O4. The second kappa shape index (κ2) is 8.31. The van der Waals surface area contributed by atoms with Crippen molar-refractivity contribution in [1.29, 1.82) is 0 Å². The van der Waals surface area contributed by atoms with E-state index in [1.807, 2.05) is 20.8 Å². The van der Waals surface area contributed by atoms with Crippen LogP contribution >= 0.6 is 0 Å². The second-order valence-corrected chi connectivity index (χ2v) is 8.58. The van der Waals surface area contributed by atoms with Crippen molar-refractivity contribution in [1.82, 2.24) is 14.9 Å². The van der Waals surface area contributed by atoms with Crippen molar-refractivity contribution in [3.8, 4) is 0 Å². The molecule has 0 unspecified atom stereocenters. The highest BCUT2D eigenvalue weighted by Gasteiger charge is 2.30. The molecule has 0 radical (unpaired) electrons. The Kier molecular flexibility index (Phi) is 6.00. The van der Waals surface area contributed by atoms with Gasteiger partial charge in [0.25, 0.3) is 0 Å². The van der Waals surface area contributed by atoms with E-state index in [9.17, 15) is 14.4 Å². The van der Waals surface area contributed by atoms with Gasteiger partial charge in [0, 0.05) is 32.8 Å². The number of carbonyl (C=O) groups excluding carboxylic acids is 3. The van der Waals surface area contributed by atoms with Gasteiger partial charge in [-0.05, 0) is 51.7 Å². The van der Waals surface area contributed by atoms with Gasteiger partial charge in [-0.2, -0.15) is 0 Å². The highest BCUT2D eigenvalue weighted by atomic mass is 16.6. The number of ketones is 1. The average Bonchev–Trinajstić information content (AvgIpc) is 2.87. The topological polar surface area (TPSA) is 92.7 Å². The fraction of sp³-hybridized carbons (Fsp3) is 0.571. The van der Waals surface area contributed by atoms with Gasteiger partial charge in [0.05, 0.1) is 17.8 Å². The van der Waals surface area contributed by atoms with Crippen molar-refractivity contribution >= 4 is 29.7 Å². The van der Waals surface area contributed by atoms with E-state index in [0.29, 0.717) is 29.7 Å². The number of ether oxygens (including phenoxy) is 1. The van der Waals surface area contributed by atoms with Crippen LogP contribution in [0.2, 0.25) is 0 Å². The van der Waals surface area contributed by atoms with Crippen molar-refractivity contribution in [2.45, 2.75) is 52.1 Å². The van der Waals surface area contributed by atoms with Gasteiger partial charge in [-0.25, -0.2) is 9.97 Å². The standard InChI is InChI=1S/C21H28N4O4/c1-21(2,3)29-19(28)11-14-6-9-25(10-7-14)20-22-8-5-15(23-20)12-16-17(26)13-18(27)24(16)4/h5,8,12,14H,6-7,9-11,13H2,1-4H3/b16-12-. The molecule has 0 atom stereocenters. The molecule has 0 saturated carbocycles. The predicted molar refractivity (Wildman–Crippen MR) is 108 cm³/mol. The summed E-state index contributed by atoms with van der Waals surface area (Å²) in [5.74, 6) is 0.334. The van der Waals surface area contributed by atoms with Gasteiger partial charge in [0.15, 0.2) is 5.78 Å². The molecule has 3 rings (SSSR count). The Labute approximate surface area is 170 Å². The lowest BCUT2D eigenvalue weighted by atomic mass is 9.93. The van der Waals surface area contributed by atoms with Gasteiger partial charge in [-0.3, -0.25) is 14.4 Å². The minimum Gasteiger partial charge on any atom is -0.460 e. The van der Waals surface area contributed by atoms with Crippen LogP contribution in [0.4, 0.5) is 5.95 Å². The smallest absolute Gasteiger partial charge is 0.306 e. The van der Waals surface area contributed by atoms with Crippen LogP contribution in [0.25, 0.3) is 6.08 Å². The number of likely N-dealkylation sites (tertiary alicyclic amines) is 1. The van der Waals surface area contributed by atoms with E-state index in [-0.39, 0.29) is 24.1 Å². The van der Waals surface area contributed by atoms with E-state index in [1.54, 1.807) is 25.4 Å². The molecule has 2 saturated heterocycles. The van der Waals surface area contributed by atoms with Crippen molar-refractivity contribution in [2.75, 3.05) is 25.0 Å². The SMILES string of the molecule is CN1C(=O)CC(=O)/C1=C/c1ccnc(N2CCC(CC(=O)OC(C)(C)C)CC2)n1. The molecule has 1 aromatic heterocycles. The third-order valence-corrected chi connectivity index (χ3v) is 5.05. The number of nitrogens with zero attached hydrogens (tertiary/aromatic N) is 4. The number of aromatic nitrogens is 2. The summed E-state index contributed by atoms with van der Waals surface area (Å²) in [4.78, 5) is 48.0. The maximum atomic E-state index is 12.0. The van der Waals surface area contributed by atoms with Crippen LogP contribution in [-0.4, -0.2) is 58.3 Å². The molecule has 1 amide bonds. The molecule has 8 nitrogen and oxygen atoms in total. The number of piperidine rings is 1. The maximum Gasteiger partial charge on any atom is 0.306 e. The highest BCUT2D eigenvalue weighted by molar-refractivity contribution is 6.16. The third kappa shape index (κ3) is 5.40. The molecule has 3 heterocycles. The molecule has 0 spiro atoms. The quantitative estimate of drug-likeness (QED) is 0.434. The van der Waals surface area contributed by atoms with Gasteiger partial charge >= 0.3 is 5.97 Å². The average molecular weight is 400 g/mol. The first kappa shape index (κ1) is 21.0. The van der Waals surface area contributed by atoms with E-state index in [4.69, 9.17) is 4.74 Å². The number of allylic oxidation sites excluding steroid dienone is 1. The number of likely N-dealkylation sites (N-methyl/N-ethyl adjacent to an activating group) is 1. The second-order valence-electron chi connectivity index (χ2n) is 8.58. The van der Waals surface area contributed by atoms with Gasteiger partial charge in [-0.15, -0.1) is 0 Å². The molecule has 0 N–H and O–H groups in total. The van der Waals surface area contributed by atoms with E-state index in [2.05, 4.69) is 14.9 Å². The number of amides is 1. The monoisotopic (exact) mass is 400 g/mol. The van der Waals surface area contributed by atoms with Crippen LogP contribution in [0.1, 0.15) is 52.1 Å². The summed E-state index contributed by atoms with van der Waals surface area (Å²) in [5, 5.41) is 0. The first-order valence-electron chi connectivity index (χ1n) is 9.93. The Morgan fingerprint density at radius 2 is 1.97 bits per heavy atom. The number of Topliss-reactive ketones (excluding diaryl/α,β-unsaturated/α-hetero) is 1. The minimum absolute atomic E-state index is 0.0918. The summed E-state index contributed by atoms with van der Waals surface area (Å²) in [6.07, 6.45) is 5.36. The molecule has 29 heavy (non-hydrogen) atoms. The van der Waals surface area contributed by atoms with Crippen LogP contribution in [-0.2, 0) is 19.1 Å². The summed E-state index contributed by atoms with van der Waals surface area (Å²) in [6, 6.07) is 1.72. The lowest BCUT2D eigenvalue weighted by molar-refractivity contribution is -0.156. The van der Waals surface area contributed by atoms with Crippen LogP contribution in [0.15, 0.2) is 18.0 Å². The van der Waals surface area contributed by atoms with Gasteiger partial charge in [-0.1, -0.05) is 0 Å². The predicted octanol–water partition coefficient (Wildman–Crippen LogP) is 2.20. The Hall–Kier alpha value is -2.77.